The van der Waals surface area contributed by atoms with Gasteiger partial charge in [-0.25, -0.2) is 0 Å². The van der Waals surface area contributed by atoms with E-state index in [9.17, 15) is 9.59 Å². The van der Waals surface area contributed by atoms with Gasteiger partial charge >= 0.3 is 0 Å². The number of rotatable bonds is 5. The molecular formula is C13H15N3O2. The van der Waals surface area contributed by atoms with E-state index in [0.29, 0.717) is 12.0 Å². The molecule has 0 bridgehead atoms. The first-order chi connectivity index (χ1) is 8.52. The van der Waals surface area contributed by atoms with E-state index in [2.05, 4.69) is 5.32 Å². The zero-order valence-corrected chi connectivity index (χ0v) is 10.1. The second kappa shape index (κ2) is 6.40. The van der Waals surface area contributed by atoms with E-state index >= 15 is 0 Å². The first kappa shape index (κ1) is 13.7. The van der Waals surface area contributed by atoms with Crippen LogP contribution in [0.1, 0.15) is 24.5 Å². The molecule has 1 rings (SSSR count). The number of nitrogens with zero attached hydrogens (tertiary/aromatic N) is 1. The summed E-state index contributed by atoms with van der Waals surface area (Å²) in [6, 6.07) is 8.41. The third kappa shape index (κ3) is 4.26. The lowest BCUT2D eigenvalue weighted by Crippen LogP contribution is -2.42. The summed E-state index contributed by atoms with van der Waals surface area (Å²) in [5.74, 6) is -0.771. The molecule has 1 atom stereocenters. The molecule has 0 aliphatic rings. The van der Waals surface area contributed by atoms with Crippen molar-refractivity contribution in [3.63, 3.8) is 0 Å². The Hall–Kier alpha value is -2.35. The van der Waals surface area contributed by atoms with Crippen LogP contribution < -0.4 is 11.1 Å². The van der Waals surface area contributed by atoms with Crippen LogP contribution in [0.4, 0.5) is 0 Å². The predicted octanol–water partition coefficient (Wildman–Crippen LogP) is 0.481. The fourth-order valence-corrected chi connectivity index (χ4v) is 1.39. The zero-order valence-electron chi connectivity index (χ0n) is 10.1. The smallest absolute Gasteiger partial charge is 0.239 e. The van der Waals surface area contributed by atoms with E-state index in [0.717, 1.165) is 5.56 Å². The number of carbonyl (C=O) groups excluding carboxylic acids is 2. The highest BCUT2D eigenvalue weighted by Gasteiger charge is 2.11. The molecule has 0 radical (unpaired) electrons. The van der Waals surface area contributed by atoms with Gasteiger partial charge in [-0.2, -0.15) is 5.26 Å². The standard InChI is InChI=1S/C13H15N3O2/c1-9(13(15)18)16-12(17)7-6-10-2-4-11(8-14)5-3-10/h2-5,9H,6-7H2,1H3,(H2,15,18)(H,16,17). The van der Waals surface area contributed by atoms with Crippen LogP contribution in [0.5, 0.6) is 0 Å². The minimum absolute atomic E-state index is 0.217. The van der Waals surface area contributed by atoms with Crippen LogP contribution in [0.25, 0.3) is 0 Å². The van der Waals surface area contributed by atoms with Crippen LogP contribution in [0, 0.1) is 11.3 Å². The average molecular weight is 245 g/mol. The average Bonchev–Trinajstić information content (AvgIpc) is 2.36. The molecule has 1 aromatic rings. The molecule has 0 aromatic heterocycles. The maximum Gasteiger partial charge on any atom is 0.239 e. The summed E-state index contributed by atoms with van der Waals surface area (Å²) in [7, 11) is 0. The number of hydrogen-bond donors (Lipinski definition) is 2. The number of primary amides is 1. The maximum absolute atomic E-state index is 11.5. The molecule has 2 amide bonds. The van der Waals surface area contributed by atoms with Crippen molar-refractivity contribution in [1.29, 1.82) is 5.26 Å². The van der Waals surface area contributed by atoms with E-state index < -0.39 is 11.9 Å². The highest BCUT2D eigenvalue weighted by molar-refractivity contribution is 5.86. The monoisotopic (exact) mass is 245 g/mol. The molecule has 0 heterocycles. The van der Waals surface area contributed by atoms with Crippen molar-refractivity contribution < 1.29 is 9.59 Å². The van der Waals surface area contributed by atoms with E-state index in [1.807, 2.05) is 18.2 Å². The number of nitrogens with two attached hydrogens (primary N) is 1. The number of amides is 2. The van der Waals surface area contributed by atoms with Crippen LogP contribution in [-0.2, 0) is 16.0 Å². The number of nitriles is 1. The first-order valence-electron chi connectivity index (χ1n) is 5.60. The van der Waals surface area contributed by atoms with Gasteiger partial charge in [-0.1, -0.05) is 12.1 Å². The molecule has 94 valence electrons. The lowest BCUT2D eigenvalue weighted by atomic mass is 10.1. The Morgan fingerprint density at radius 2 is 2.00 bits per heavy atom. The lowest BCUT2D eigenvalue weighted by Gasteiger charge is -2.09. The van der Waals surface area contributed by atoms with Gasteiger partial charge in [-0.3, -0.25) is 9.59 Å². The molecule has 0 saturated carbocycles. The molecule has 18 heavy (non-hydrogen) atoms. The Bertz CT molecular complexity index is 474. The van der Waals surface area contributed by atoms with Crippen LogP contribution in [0.15, 0.2) is 24.3 Å². The fourth-order valence-electron chi connectivity index (χ4n) is 1.39. The molecule has 5 heteroatoms. The zero-order chi connectivity index (χ0) is 13.5. The Morgan fingerprint density at radius 1 is 1.39 bits per heavy atom. The van der Waals surface area contributed by atoms with E-state index in [-0.39, 0.29) is 12.3 Å². The van der Waals surface area contributed by atoms with Gasteiger partial charge in [0.15, 0.2) is 0 Å². The number of hydrogen-bond acceptors (Lipinski definition) is 3. The van der Waals surface area contributed by atoms with Gasteiger partial charge in [0, 0.05) is 6.42 Å². The largest absolute Gasteiger partial charge is 0.368 e. The van der Waals surface area contributed by atoms with Crippen molar-refractivity contribution in [3.8, 4) is 6.07 Å². The number of carbonyl (C=O) groups is 2. The summed E-state index contributed by atoms with van der Waals surface area (Å²) in [6.45, 7) is 1.54. The third-order valence-corrected chi connectivity index (χ3v) is 2.53. The summed E-state index contributed by atoms with van der Waals surface area (Å²) < 4.78 is 0. The van der Waals surface area contributed by atoms with Gasteiger partial charge < -0.3 is 11.1 Å². The molecule has 0 saturated heterocycles. The molecule has 0 aliphatic heterocycles. The van der Waals surface area contributed by atoms with E-state index in [1.165, 1.54) is 0 Å². The minimum Gasteiger partial charge on any atom is -0.368 e. The van der Waals surface area contributed by atoms with Crippen LogP contribution in [0.2, 0.25) is 0 Å². The Labute approximate surface area is 106 Å². The molecule has 1 unspecified atom stereocenters. The molecule has 3 N–H and O–H groups in total. The summed E-state index contributed by atoms with van der Waals surface area (Å²) in [6.07, 6.45) is 0.840. The van der Waals surface area contributed by atoms with Gasteiger partial charge in [0.25, 0.3) is 0 Å². The highest BCUT2D eigenvalue weighted by atomic mass is 16.2. The topological polar surface area (TPSA) is 96.0 Å². The second-order valence-corrected chi connectivity index (χ2v) is 4.00. The van der Waals surface area contributed by atoms with E-state index in [1.54, 1.807) is 19.1 Å². The molecule has 0 aliphatic carbocycles. The SMILES string of the molecule is CC(NC(=O)CCc1ccc(C#N)cc1)C(N)=O. The van der Waals surface area contributed by atoms with E-state index in [4.69, 9.17) is 11.0 Å². The molecule has 1 aromatic carbocycles. The quantitative estimate of drug-likeness (QED) is 0.789. The first-order valence-corrected chi connectivity index (χ1v) is 5.60. The number of aryl methyl sites for hydroxylation is 1. The fraction of sp³-hybridized carbons (Fsp3) is 0.308. The normalized spacial score (nSPS) is 11.3. The molecule has 0 fully saturated rings. The second-order valence-electron chi connectivity index (χ2n) is 4.00. The lowest BCUT2D eigenvalue weighted by molar-refractivity contribution is -0.126. The van der Waals surface area contributed by atoms with Crippen LogP contribution in [0.3, 0.4) is 0 Å². The predicted molar refractivity (Wildman–Crippen MR) is 66.3 cm³/mol. The summed E-state index contributed by atoms with van der Waals surface area (Å²) >= 11 is 0. The molecule has 0 spiro atoms. The van der Waals surface area contributed by atoms with Crippen molar-refractivity contribution in [2.24, 2.45) is 5.73 Å². The van der Waals surface area contributed by atoms with Gasteiger partial charge in [-0.05, 0) is 31.0 Å². The van der Waals surface area contributed by atoms with Crippen molar-refractivity contribution in [3.05, 3.63) is 35.4 Å². The number of benzene rings is 1. The highest BCUT2D eigenvalue weighted by Crippen LogP contribution is 2.05. The van der Waals surface area contributed by atoms with Crippen molar-refractivity contribution in [1.82, 2.24) is 5.32 Å². The van der Waals surface area contributed by atoms with Gasteiger partial charge in [-0.15, -0.1) is 0 Å². The maximum atomic E-state index is 11.5. The van der Waals surface area contributed by atoms with Crippen molar-refractivity contribution >= 4 is 11.8 Å². The van der Waals surface area contributed by atoms with Crippen LogP contribution >= 0.6 is 0 Å². The van der Waals surface area contributed by atoms with Gasteiger partial charge in [0.1, 0.15) is 6.04 Å². The summed E-state index contributed by atoms with van der Waals surface area (Å²) in [5, 5.41) is 11.1. The van der Waals surface area contributed by atoms with Gasteiger partial charge in [0.2, 0.25) is 11.8 Å². The van der Waals surface area contributed by atoms with Gasteiger partial charge in [0.05, 0.1) is 11.6 Å². The Kier molecular flexibility index (Phi) is 4.88. The molecule has 5 nitrogen and oxygen atoms in total. The van der Waals surface area contributed by atoms with Crippen LogP contribution in [-0.4, -0.2) is 17.9 Å². The summed E-state index contributed by atoms with van der Waals surface area (Å²) in [5.41, 5.74) is 6.60. The number of nitrogens with one attached hydrogen (secondary N) is 1. The van der Waals surface area contributed by atoms with Crippen molar-refractivity contribution in [2.75, 3.05) is 0 Å². The van der Waals surface area contributed by atoms with Crippen molar-refractivity contribution in [2.45, 2.75) is 25.8 Å². The third-order valence-electron chi connectivity index (χ3n) is 2.53. The summed E-state index contributed by atoms with van der Waals surface area (Å²) in [4.78, 5) is 22.2. The molecular weight excluding hydrogens is 230 g/mol. The Balaban J connectivity index is 2.43. The minimum atomic E-state index is -0.654. The Morgan fingerprint density at radius 3 is 2.50 bits per heavy atom.